The van der Waals surface area contributed by atoms with Crippen LogP contribution in [0.2, 0.25) is 0 Å². The third-order valence-electron chi connectivity index (χ3n) is 3.47. The van der Waals surface area contributed by atoms with Crippen molar-refractivity contribution in [1.82, 2.24) is 14.6 Å². The SMILES string of the molecule is O=C(Nc1nc2cccc(Sc3ccccc3)n2n1)C1CC1. The van der Waals surface area contributed by atoms with Gasteiger partial charge >= 0.3 is 0 Å². The number of pyridine rings is 1. The van der Waals surface area contributed by atoms with Crippen molar-refractivity contribution in [3.63, 3.8) is 0 Å². The maximum atomic E-state index is 11.8. The van der Waals surface area contributed by atoms with Gasteiger partial charge in [0.05, 0.1) is 0 Å². The van der Waals surface area contributed by atoms with E-state index in [-0.39, 0.29) is 11.8 Å². The predicted molar refractivity (Wildman–Crippen MR) is 84.9 cm³/mol. The Bertz CT molecular complexity index is 827. The molecule has 0 aliphatic heterocycles. The highest BCUT2D eigenvalue weighted by Crippen LogP contribution is 2.30. The number of carbonyl (C=O) groups is 1. The van der Waals surface area contributed by atoms with Gasteiger partial charge in [-0.3, -0.25) is 10.1 Å². The molecule has 0 atom stereocenters. The van der Waals surface area contributed by atoms with Crippen LogP contribution >= 0.6 is 11.8 Å². The fourth-order valence-electron chi connectivity index (χ4n) is 2.18. The number of nitrogens with zero attached hydrogens (tertiary/aromatic N) is 3. The average molecular weight is 310 g/mol. The van der Waals surface area contributed by atoms with Gasteiger partial charge in [-0.25, -0.2) is 4.52 Å². The predicted octanol–water partition coefficient (Wildman–Crippen LogP) is 3.23. The van der Waals surface area contributed by atoms with Crippen LogP contribution in [0.4, 0.5) is 5.95 Å². The molecule has 5 nitrogen and oxygen atoms in total. The molecule has 4 rings (SSSR count). The first-order valence-corrected chi connectivity index (χ1v) is 8.01. The molecule has 1 N–H and O–H groups in total. The van der Waals surface area contributed by atoms with Crippen molar-refractivity contribution >= 4 is 29.3 Å². The molecule has 1 amide bonds. The van der Waals surface area contributed by atoms with Crippen LogP contribution in [0.1, 0.15) is 12.8 Å². The zero-order valence-electron chi connectivity index (χ0n) is 11.8. The number of hydrogen-bond donors (Lipinski definition) is 1. The molecule has 2 heterocycles. The molecule has 1 aliphatic rings. The molecule has 3 aromatic rings. The van der Waals surface area contributed by atoms with Crippen molar-refractivity contribution in [2.45, 2.75) is 22.8 Å². The lowest BCUT2D eigenvalue weighted by atomic mass is 10.4. The van der Waals surface area contributed by atoms with Gasteiger partial charge in [0.15, 0.2) is 5.65 Å². The maximum Gasteiger partial charge on any atom is 0.249 e. The fraction of sp³-hybridized carbons (Fsp3) is 0.188. The van der Waals surface area contributed by atoms with E-state index in [9.17, 15) is 4.79 Å². The summed E-state index contributed by atoms with van der Waals surface area (Å²) < 4.78 is 1.76. The lowest BCUT2D eigenvalue weighted by Gasteiger charge is -2.03. The Balaban J connectivity index is 1.64. The summed E-state index contributed by atoms with van der Waals surface area (Å²) >= 11 is 1.62. The smallest absolute Gasteiger partial charge is 0.249 e. The standard InChI is InChI=1S/C16H14N4OS/c21-15(11-9-10-11)18-16-17-13-7-4-8-14(20(13)19-16)22-12-5-2-1-3-6-12/h1-8,11H,9-10H2,(H,18,19,21). The second-order valence-corrected chi connectivity index (χ2v) is 6.34. The van der Waals surface area contributed by atoms with Crippen molar-refractivity contribution in [3.05, 3.63) is 48.5 Å². The number of fused-ring (bicyclic) bond motifs is 1. The summed E-state index contributed by atoms with van der Waals surface area (Å²) in [5.41, 5.74) is 0.729. The van der Waals surface area contributed by atoms with Gasteiger partial charge in [0, 0.05) is 10.8 Å². The molecule has 22 heavy (non-hydrogen) atoms. The van der Waals surface area contributed by atoms with E-state index in [1.807, 2.05) is 36.4 Å². The first-order valence-electron chi connectivity index (χ1n) is 7.19. The van der Waals surface area contributed by atoms with E-state index < -0.39 is 0 Å². The van der Waals surface area contributed by atoms with Crippen LogP contribution in [-0.4, -0.2) is 20.5 Å². The second kappa shape index (κ2) is 5.46. The summed E-state index contributed by atoms with van der Waals surface area (Å²) in [5.74, 6) is 0.538. The van der Waals surface area contributed by atoms with Crippen LogP contribution in [-0.2, 0) is 4.79 Å². The Morgan fingerprint density at radius 1 is 1.14 bits per heavy atom. The molecule has 0 radical (unpaired) electrons. The monoisotopic (exact) mass is 310 g/mol. The van der Waals surface area contributed by atoms with Crippen molar-refractivity contribution in [2.24, 2.45) is 5.92 Å². The van der Waals surface area contributed by atoms with Gasteiger partial charge in [0.2, 0.25) is 11.9 Å². The van der Waals surface area contributed by atoms with Crippen molar-refractivity contribution in [1.29, 1.82) is 0 Å². The van der Waals surface area contributed by atoms with Gasteiger partial charge in [-0.1, -0.05) is 36.0 Å². The summed E-state index contributed by atoms with van der Waals surface area (Å²) in [5, 5.41) is 8.17. The molecule has 0 bridgehead atoms. The minimum absolute atomic E-state index is 0.0215. The van der Waals surface area contributed by atoms with Crippen molar-refractivity contribution < 1.29 is 4.79 Å². The van der Waals surface area contributed by atoms with E-state index in [0.29, 0.717) is 5.95 Å². The van der Waals surface area contributed by atoms with E-state index in [0.717, 1.165) is 28.4 Å². The van der Waals surface area contributed by atoms with Crippen LogP contribution in [0.3, 0.4) is 0 Å². The molecular formula is C16H14N4OS. The lowest BCUT2D eigenvalue weighted by molar-refractivity contribution is -0.117. The Morgan fingerprint density at radius 2 is 1.95 bits per heavy atom. The molecule has 0 unspecified atom stereocenters. The summed E-state index contributed by atoms with van der Waals surface area (Å²) in [6, 6.07) is 15.9. The fourth-order valence-corrected chi connectivity index (χ4v) is 3.08. The average Bonchev–Trinajstić information content (AvgIpc) is 3.30. The molecule has 1 aliphatic carbocycles. The van der Waals surface area contributed by atoms with Crippen LogP contribution in [0.25, 0.3) is 5.65 Å². The van der Waals surface area contributed by atoms with Crippen LogP contribution in [0.15, 0.2) is 58.5 Å². The zero-order chi connectivity index (χ0) is 14.9. The number of benzene rings is 1. The van der Waals surface area contributed by atoms with E-state index in [1.54, 1.807) is 16.3 Å². The summed E-state index contributed by atoms with van der Waals surface area (Å²) in [6.45, 7) is 0. The molecule has 2 aromatic heterocycles. The molecule has 6 heteroatoms. The number of anilines is 1. The quantitative estimate of drug-likeness (QED) is 0.804. The molecule has 0 spiro atoms. The van der Waals surface area contributed by atoms with Gasteiger partial charge in [0.25, 0.3) is 0 Å². The Morgan fingerprint density at radius 3 is 2.73 bits per heavy atom. The Kier molecular flexibility index (Phi) is 3.31. The molecule has 0 saturated heterocycles. The highest BCUT2D eigenvalue weighted by Gasteiger charge is 2.30. The summed E-state index contributed by atoms with van der Waals surface area (Å²) in [4.78, 5) is 17.3. The first-order chi connectivity index (χ1) is 10.8. The van der Waals surface area contributed by atoms with E-state index in [1.165, 1.54) is 0 Å². The third kappa shape index (κ3) is 2.69. The first kappa shape index (κ1) is 13.3. The highest BCUT2D eigenvalue weighted by atomic mass is 32.2. The lowest BCUT2D eigenvalue weighted by Crippen LogP contribution is -2.14. The number of hydrogen-bond acceptors (Lipinski definition) is 4. The van der Waals surface area contributed by atoms with Crippen LogP contribution in [0, 0.1) is 5.92 Å². The van der Waals surface area contributed by atoms with Crippen LogP contribution < -0.4 is 5.32 Å². The normalized spacial score (nSPS) is 14.2. The second-order valence-electron chi connectivity index (χ2n) is 5.25. The largest absolute Gasteiger partial charge is 0.293 e. The topological polar surface area (TPSA) is 59.3 Å². The van der Waals surface area contributed by atoms with E-state index in [2.05, 4.69) is 27.5 Å². The molecule has 1 aromatic carbocycles. The number of rotatable bonds is 4. The van der Waals surface area contributed by atoms with Gasteiger partial charge in [-0.2, -0.15) is 4.98 Å². The number of nitrogens with one attached hydrogen (secondary N) is 1. The molecular weight excluding hydrogens is 296 g/mol. The van der Waals surface area contributed by atoms with Crippen LogP contribution in [0.5, 0.6) is 0 Å². The van der Waals surface area contributed by atoms with Gasteiger partial charge in [-0.05, 0) is 37.1 Å². The van der Waals surface area contributed by atoms with Gasteiger partial charge in [0.1, 0.15) is 5.03 Å². The van der Waals surface area contributed by atoms with E-state index in [4.69, 9.17) is 0 Å². The van der Waals surface area contributed by atoms with Crippen molar-refractivity contribution in [3.8, 4) is 0 Å². The molecule has 1 fully saturated rings. The van der Waals surface area contributed by atoms with E-state index >= 15 is 0 Å². The number of carbonyl (C=O) groups excluding carboxylic acids is 1. The number of aromatic nitrogens is 3. The van der Waals surface area contributed by atoms with Gasteiger partial charge < -0.3 is 0 Å². The zero-order valence-corrected chi connectivity index (χ0v) is 12.6. The maximum absolute atomic E-state index is 11.8. The minimum Gasteiger partial charge on any atom is -0.293 e. The molecule has 1 saturated carbocycles. The third-order valence-corrected chi connectivity index (χ3v) is 4.50. The molecule has 110 valence electrons. The highest BCUT2D eigenvalue weighted by molar-refractivity contribution is 7.99. The van der Waals surface area contributed by atoms with Crippen molar-refractivity contribution in [2.75, 3.05) is 5.32 Å². The van der Waals surface area contributed by atoms with Gasteiger partial charge in [-0.15, -0.1) is 5.10 Å². The Hall–Kier alpha value is -2.34. The summed E-state index contributed by atoms with van der Waals surface area (Å²) in [6.07, 6.45) is 1.93. The summed E-state index contributed by atoms with van der Waals surface area (Å²) in [7, 11) is 0. The Labute approximate surface area is 131 Å². The minimum atomic E-state index is 0.0215. The number of amides is 1.